The van der Waals surface area contributed by atoms with Crippen LogP contribution in [0.5, 0.6) is 0 Å². The molecule has 9 heavy (non-hydrogen) atoms. The van der Waals surface area contributed by atoms with Gasteiger partial charge >= 0.3 is 0 Å². The van der Waals surface area contributed by atoms with Crippen molar-refractivity contribution in [2.75, 3.05) is 6.73 Å². The third-order valence-corrected chi connectivity index (χ3v) is 1.54. The summed E-state index contributed by atoms with van der Waals surface area (Å²) in [6.07, 6.45) is 0.987. The van der Waals surface area contributed by atoms with Crippen LogP contribution in [0.3, 0.4) is 0 Å². The lowest BCUT2D eigenvalue weighted by Gasteiger charge is -2.15. The second-order valence-corrected chi connectivity index (χ2v) is 2.47. The molecule has 0 radical (unpaired) electrons. The molecule has 1 atom stereocenters. The van der Waals surface area contributed by atoms with E-state index in [0.29, 0.717) is 6.04 Å². The van der Waals surface area contributed by atoms with Gasteiger partial charge in [-0.2, -0.15) is 5.10 Å². The van der Waals surface area contributed by atoms with E-state index in [4.69, 9.17) is 5.11 Å². The molecular formula is C6H12N2O. The maximum absolute atomic E-state index is 8.67. The van der Waals surface area contributed by atoms with E-state index in [-0.39, 0.29) is 6.73 Å². The van der Waals surface area contributed by atoms with Crippen LogP contribution in [-0.4, -0.2) is 28.6 Å². The van der Waals surface area contributed by atoms with Gasteiger partial charge < -0.3 is 5.11 Å². The second kappa shape index (κ2) is 2.35. The number of nitrogens with zero attached hydrogens (tertiary/aromatic N) is 2. The van der Waals surface area contributed by atoms with Gasteiger partial charge in [-0.3, -0.25) is 5.01 Å². The van der Waals surface area contributed by atoms with Crippen molar-refractivity contribution in [3.8, 4) is 0 Å². The molecule has 1 rings (SSSR count). The molecule has 52 valence electrons. The molecule has 3 nitrogen and oxygen atoms in total. The van der Waals surface area contributed by atoms with Crippen molar-refractivity contribution in [3.63, 3.8) is 0 Å². The number of aliphatic hydroxyl groups is 1. The summed E-state index contributed by atoms with van der Waals surface area (Å²) < 4.78 is 0. The first-order chi connectivity index (χ1) is 4.24. The van der Waals surface area contributed by atoms with E-state index in [1.165, 1.54) is 0 Å². The first-order valence-electron chi connectivity index (χ1n) is 3.15. The summed E-state index contributed by atoms with van der Waals surface area (Å²) in [5.41, 5.74) is 1.11. The number of rotatable bonds is 1. The zero-order valence-corrected chi connectivity index (χ0v) is 5.83. The van der Waals surface area contributed by atoms with Gasteiger partial charge in [0, 0.05) is 12.1 Å². The number of hydrogen-bond acceptors (Lipinski definition) is 3. The minimum Gasteiger partial charge on any atom is -0.375 e. The molecule has 1 aliphatic heterocycles. The standard InChI is InChI=1S/C6H12N2O/c1-5-3-6(2)8(4-9)7-5/h6,9H,3-4H2,1-2H3. The van der Waals surface area contributed by atoms with Gasteiger partial charge in [0.25, 0.3) is 0 Å². The lowest BCUT2D eigenvalue weighted by atomic mass is 10.2. The molecule has 0 aliphatic carbocycles. The molecule has 0 fully saturated rings. The Morgan fingerprint density at radius 2 is 2.56 bits per heavy atom. The fourth-order valence-electron chi connectivity index (χ4n) is 1.06. The maximum atomic E-state index is 8.67. The molecule has 0 amide bonds. The van der Waals surface area contributed by atoms with Crippen molar-refractivity contribution >= 4 is 5.71 Å². The summed E-state index contributed by atoms with van der Waals surface area (Å²) in [5.74, 6) is 0. The third kappa shape index (κ3) is 1.21. The Balaban J connectivity index is 2.53. The van der Waals surface area contributed by atoms with E-state index < -0.39 is 0 Å². The molecule has 0 aromatic carbocycles. The van der Waals surface area contributed by atoms with Crippen molar-refractivity contribution in [3.05, 3.63) is 0 Å². The molecule has 0 bridgehead atoms. The van der Waals surface area contributed by atoms with Crippen molar-refractivity contribution in [1.82, 2.24) is 5.01 Å². The second-order valence-electron chi connectivity index (χ2n) is 2.47. The van der Waals surface area contributed by atoms with Crippen LogP contribution in [0, 0.1) is 0 Å². The molecule has 0 saturated heterocycles. The van der Waals surface area contributed by atoms with Gasteiger partial charge in [0.15, 0.2) is 0 Å². The van der Waals surface area contributed by atoms with Gasteiger partial charge in [0.2, 0.25) is 0 Å². The van der Waals surface area contributed by atoms with E-state index >= 15 is 0 Å². The van der Waals surface area contributed by atoms with Gasteiger partial charge in [-0.1, -0.05) is 0 Å². The van der Waals surface area contributed by atoms with Gasteiger partial charge in [-0.25, -0.2) is 0 Å². The highest BCUT2D eigenvalue weighted by atomic mass is 16.3. The van der Waals surface area contributed by atoms with Gasteiger partial charge in [0.1, 0.15) is 6.73 Å². The van der Waals surface area contributed by atoms with Gasteiger partial charge in [0.05, 0.1) is 6.04 Å². The number of hydrazone groups is 1. The molecular weight excluding hydrogens is 116 g/mol. The van der Waals surface area contributed by atoms with Crippen LogP contribution in [0.25, 0.3) is 0 Å². The summed E-state index contributed by atoms with van der Waals surface area (Å²) in [6, 6.07) is 0.384. The maximum Gasteiger partial charge on any atom is 0.132 e. The van der Waals surface area contributed by atoms with Crippen LogP contribution in [-0.2, 0) is 0 Å². The lowest BCUT2D eigenvalue weighted by molar-refractivity contribution is 0.0906. The molecule has 0 aromatic rings. The molecule has 0 saturated carbocycles. The first-order valence-corrected chi connectivity index (χ1v) is 3.15. The van der Waals surface area contributed by atoms with Crippen LogP contribution in [0.15, 0.2) is 5.10 Å². The van der Waals surface area contributed by atoms with Crippen LogP contribution in [0.4, 0.5) is 0 Å². The first kappa shape index (κ1) is 6.55. The van der Waals surface area contributed by atoms with E-state index in [1.54, 1.807) is 5.01 Å². The number of aliphatic hydroxyl groups excluding tert-OH is 1. The van der Waals surface area contributed by atoms with Crippen LogP contribution in [0.1, 0.15) is 20.3 Å². The molecule has 0 aromatic heterocycles. The molecule has 1 unspecified atom stereocenters. The van der Waals surface area contributed by atoms with Crippen LogP contribution < -0.4 is 0 Å². The fraction of sp³-hybridized carbons (Fsp3) is 0.833. The van der Waals surface area contributed by atoms with Crippen molar-refractivity contribution in [2.45, 2.75) is 26.3 Å². The van der Waals surface area contributed by atoms with Crippen molar-refractivity contribution in [2.24, 2.45) is 5.10 Å². The smallest absolute Gasteiger partial charge is 0.132 e. The minimum absolute atomic E-state index is 0.0402. The summed E-state index contributed by atoms with van der Waals surface area (Å²) in [4.78, 5) is 0. The average molecular weight is 128 g/mol. The zero-order chi connectivity index (χ0) is 6.85. The molecule has 1 heterocycles. The van der Waals surface area contributed by atoms with Crippen LogP contribution >= 0.6 is 0 Å². The largest absolute Gasteiger partial charge is 0.375 e. The predicted octanol–water partition coefficient (Wildman–Crippen LogP) is 0.406. The van der Waals surface area contributed by atoms with E-state index in [0.717, 1.165) is 12.1 Å². The summed E-state index contributed by atoms with van der Waals surface area (Å²) in [5, 5.41) is 14.5. The monoisotopic (exact) mass is 128 g/mol. The topological polar surface area (TPSA) is 35.8 Å². The van der Waals surface area contributed by atoms with Gasteiger partial charge in [-0.15, -0.1) is 0 Å². The summed E-state index contributed by atoms with van der Waals surface area (Å²) in [6.45, 7) is 4.07. The quantitative estimate of drug-likeness (QED) is 0.555. The van der Waals surface area contributed by atoms with E-state index in [1.807, 2.05) is 6.92 Å². The minimum atomic E-state index is 0.0402. The molecule has 3 heteroatoms. The van der Waals surface area contributed by atoms with Gasteiger partial charge in [-0.05, 0) is 13.8 Å². The number of hydrogen-bond donors (Lipinski definition) is 1. The van der Waals surface area contributed by atoms with Crippen molar-refractivity contribution < 1.29 is 5.11 Å². The zero-order valence-electron chi connectivity index (χ0n) is 5.83. The lowest BCUT2D eigenvalue weighted by Crippen LogP contribution is -2.23. The highest BCUT2D eigenvalue weighted by Crippen LogP contribution is 2.12. The Kier molecular flexibility index (Phi) is 1.71. The Labute approximate surface area is 55.0 Å². The van der Waals surface area contributed by atoms with Crippen LogP contribution in [0.2, 0.25) is 0 Å². The SMILES string of the molecule is CC1=NN(CO)C(C)C1. The van der Waals surface area contributed by atoms with E-state index in [2.05, 4.69) is 12.0 Å². The normalized spacial score (nSPS) is 26.8. The Hall–Kier alpha value is -0.570. The third-order valence-electron chi connectivity index (χ3n) is 1.54. The summed E-state index contributed by atoms with van der Waals surface area (Å²) >= 11 is 0. The molecule has 1 aliphatic rings. The van der Waals surface area contributed by atoms with E-state index in [9.17, 15) is 0 Å². The van der Waals surface area contributed by atoms with Crippen molar-refractivity contribution in [1.29, 1.82) is 0 Å². The summed E-state index contributed by atoms with van der Waals surface area (Å²) in [7, 11) is 0. The Morgan fingerprint density at radius 1 is 1.89 bits per heavy atom. The highest BCUT2D eigenvalue weighted by Gasteiger charge is 2.17. The fourth-order valence-corrected chi connectivity index (χ4v) is 1.06. The Morgan fingerprint density at radius 3 is 2.78 bits per heavy atom. The molecule has 1 N–H and O–H groups in total. The predicted molar refractivity (Wildman–Crippen MR) is 36.1 cm³/mol. The highest BCUT2D eigenvalue weighted by molar-refractivity contribution is 5.83. The Bertz CT molecular complexity index is 133. The molecule has 0 spiro atoms. The average Bonchev–Trinajstić information content (AvgIpc) is 2.10.